The Bertz CT molecular complexity index is 848. The molecule has 1 aromatic carbocycles. The first-order valence-corrected chi connectivity index (χ1v) is 9.21. The number of carbonyl (C=O) groups excluding carboxylic acids is 1. The minimum absolute atomic E-state index is 0.113. The molecule has 24 heavy (non-hydrogen) atoms. The van der Waals surface area contributed by atoms with E-state index in [0.29, 0.717) is 30.1 Å². The number of hydrogen-bond donors (Lipinski definition) is 1. The molecule has 128 valence electrons. The SMILES string of the molecule is Cc1cc(NC(=O)C2CCCN2S(=O)(=O)c2ccc(Cl)cc2)on1. The Morgan fingerprint density at radius 1 is 1.38 bits per heavy atom. The molecule has 2 heterocycles. The lowest BCUT2D eigenvalue weighted by Crippen LogP contribution is -2.43. The third-order valence-electron chi connectivity index (χ3n) is 3.80. The molecule has 1 amide bonds. The summed E-state index contributed by atoms with van der Waals surface area (Å²) in [5.74, 6) is -0.227. The number of nitrogens with zero attached hydrogens (tertiary/aromatic N) is 2. The summed E-state index contributed by atoms with van der Waals surface area (Å²) >= 11 is 5.80. The zero-order chi connectivity index (χ0) is 17.3. The third kappa shape index (κ3) is 3.31. The largest absolute Gasteiger partial charge is 0.338 e. The molecule has 0 aliphatic carbocycles. The summed E-state index contributed by atoms with van der Waals surface area (Å²) in [6, 6.07) is 6.69. The van der Waals surface area contributed by atoms with Crippen LogP contribution in [-0.2, 0) is 14.8 Å². The van der Waals surface area contributed by atoms with E-state index in [9.17, 15) is 13.2 Å². The van der Waals surface area contributed by atoms with Crippen molar-refractivity contribution in [3.05, 3.63) is 41.0 Å². The van der Waals surface area contributed by atoms with Crippen LogP contribution >= 0.6 is 11.6 Å². The average Bonchev–Trinajstić information content (AvgIpc) is 3.17. The number of nitrogens with one attached hydrogen (secondary N) is 1. The fourth-order valence-corrected chi connectivity index (χ4v) is 4.44. The standard InChI is InChI=1S/C15H16ClN3O4S/c1-10-9-14(23-18-10)17-15(20)13-3-2-8-19(13)24(21,22)12-6-4-11(16)5-7-12/h4-7,9,13H,2-3,8H2,1H3,(H,17,20). The van der Waals surface area contributed by atoms with Crippen LogP contribution in [0.25, 0.3) is 0 Å². The summed E-state index contributed by atoms with van der Waals surface area (Å²) in [6.45, 7) is 2.02. The molecule has 0 radical (unpaired) electrons. The van der Waals surface area contributed by atoms with Crippen LogP contribution in [0.15, 0.2) is 39.8 Å². The topological polar surface area (TPSA) is 92.5 Å². The van der Waals surface area contributed by atoms with E-state index >= 15 is 0 Å². The molecule has 0 bridgehead atoms. The molecule has 9 heteroatoms. The van der Waals surface area contributed by atoms with Gasteiger partial charge in [-0.25, -0.2) is 8.42 Å². The number of carbonyl (C=O) groups is 1. The van der Waals surface area contributed by atoms with Crippen molar-refractivity contribution < 1.29 is 17.7 Å². The van der Waals surface area contributed by atoms with Crippen LogP contribution in [-0.4, -0.2) is 36.4 Å². The molecule has 0 saturated carbocycles. The zero-order valence-corrected chi connectivity index (χ0v) is 14.5. The van der Waals surface area contributed by atoms with Gasteiger partial charge in [-0.1, -0.05) is 16.8 Å². The van der Waals surface area contributed by atoms with Crippen LogP contribution in [0.1, 0.15) is 18.5 Å². The summed E-state index contributed by atoms with van der Waals surface area (Å²) in [4.78, 5) is 12.6. The van der Waals surface area contributed by atoms with Gasteiger partial charge in [-0.2, -0.15) is 4.31 Å². The van der Waals surface area contributed by atoms with E-state index in [-0.39, 0.29) is 10.8 Å². The highest BCUT2D eigenvalue weighted by Crippen LogP contribution is 2.27. The van der Waals surface area contributed by atoms with Crippen molar-refractivity contribution in [2.45, 2.75) is 30.7 Å². The number of sulfonamides is 1. The number of halogens is 1. The zero-order valence-electron chi connectivity index (χ0n) is 12.9. The highest BCUT2D eigenvalue weighted by molar-refractivity contribution is 7.89. The van der Waals surface area contributed by atoms with Gasteiger partial charge in [0.2, 0.25) is 21.8 Å². The van der Waals surface area contributed by atoms with Gasteiger partial charge < -0.3 is 4.52 Å². The van der Waals surface area contributed by atoms with Gasteiger partial charge in [-0.15, -0.1) is 0 Å². The number of aryl methyl sites for hydroxylation is 1. The minimum atomic E-state index is -3.77. The quantitative estimate of drug-likeness (QED) is 0.893. The van der Waals surface area contributed by atoms with Gasteiger partial charge in [0.15, 0.2) is 0 Å². The predicted octanol–water partition coefficient (Wildman–Crippen LogP) is 2.43. The lowest BCUT2D eigenvalue weighted by atomic mass is 10.2. The van der Waals surface area contributed by atoms with Gasteiger partial charge in [-0.3, -0.25) is 10.1 Å². The summed E-state index contributed by atoms with van der Waals surface area (Å²) < 4.78 is 31.7. The highest BCUT2D eigenvalue weighted by atomic mass is 35.5. The molecule has 1 unspecified atom stereocenters. The van der Waals surface area contributed by atoms with Gasteiger partial charge in [-0.05, 0) is 44.0 Å². The van der Waals surface area contributed by atoms with Crippen molar-refractivity contribution in [2.24, 2.45) is 0 Å². The highest BCUT2D eigenvalue weighted by Gasteiger charge is 2.39. The number of anilines is 1. The van der Waals surface area contributed by atoms with Crippen LogP contribution < -0.4 is 5.32 Å². The van der Waals surface area contributed by atoms with Crippen LogP contribution in [0.3, 0.4) is 0 Å². The van der Waals surface area contributed by atoms with E-state index in [2.05, 4.69) is 10.5 Å². The van der Waals surface area contributed by atoms with E-state index in [4.69, 9.17) is 16.1 Å². The summed E-state index contributed by atoms with van der Waals surface area (Å²) in [5.41, 5.74) is 0.627. The Morgan fingerprint density at radius 2 is 2.08 bits per heavy atom. The van der Waals surface area contributed by atoms with Crippen molar-refractivity contribution in [1.29, 1.82) is 0 Å². The van der Waals surface area contributed by atoms with Gasteiger partial charge >= 0.3 is 0 Å². The molecule has 1 N–H and O–H groups in total. The van der Waals surface area contributed by atoms with Crippen molar-refractivity contribution >= 4 is 33.4 Å². The molecule has 1 aliphatic heterocycles. The number of benzene rings is 1. The van der Waals surface area contributed by atoms with Crippen LogP contribution in [0.5, 0.6) is 0 Å². The molecule has 0 spiro atoms. The Morgan fingerprint density at radius 3 is 2.71 bits per heavy atom. The van der Waals surface area contributed by atoms with Gasteiger partial charge in [0.05, 0.1) is 10.6 Å². The molecule has 1 atom stereocenters. The van der Waals surface area contributed by atoms with Crippen molar-refractivity contribution in [3.63, 3.8) is 0 Å². The number of aromatic nitrogens is 1. The number of rotatable bonds is 4. The second kappa shape index (κ2) is 6.54. The van der Waals surface area contributed by atoms with E-state index < -0.39 is 22.0 Å². The molecule has 1 fully saturated rings. The van der Waals surface area contributed by atoms with E-state index in [1.54, 1.807) is 13.0 Å². The van der Waals surface area contributed by atoms with Crippen molar-refractivity contribution in [2.75, 3.05) is 11.9 Å². The third-order valence-corrected chi connectivity index (χ3v) is 5.98. The summed E-state index contributed by atoms with van der Waals surface area (Å²) in [6.07, 6.45) is 1.06. The molecule has 7 nitrogen and oxygen atoms in total. The second-order valence-electron chi connectivity index (χ2n) is 5.55. The maximum absolute atomic E-state index is 12.8. The maximum Gasteiger partial charge on any atom is 0.245 e. The Hall–Kier alpha value is -1.90. The smallest absolute Gasteiger partial charge is 0.245 e. The molecular formula is C15H16ClN3O4S. The molecule has 3 rings (SSSR count). The van der Waals surface area contributed by atoms with Gasteiger partial charge in [0, 0.05) is 17.6 Å². The van der Waals surface area contributed by atoms with Crippen molar-refractivity contribution in [1.82, 2.24) is 9.46 Å². The molecule has 1 aromatic heterocycles. The minimum Gasteiger partial charge on any atom is -0.338 e. The fraction of sp³-hybridized carbons (Fsp3) is 0.333. The van der Waals surface area contributed by atoms with E-state index in [0.717, 1.165) is 0 Å². The molecular weight excluding hydrogens is 354 g/mol. The Balaban J connectivity index is 1.81. The van der Waals surface area contributed by atoms with Crippen LogP contribution in [0.2, 0.25) is 5.02 Å². The van der Waals surface area contributed by atoms with Crippen LogP contribution in [0.4, 0.5) is 5.88 Å². The fourth-order valence-electron chi connectivity index (χ4n) is 2.66. The van der Waals surface area contributed by atoms with Gasteiger partial charge in [0.25, 0.3) is 0 Å². The van der Waals surface area contributed by atoms with E-state index in [1.807, 2.05) is 0 Å². The second-order valence-corrected chi connectivity index (χ2v) is 7.88. The average molecular weight is 370 g/mol. The Labute approximate surface area is 144 Å². The number of hydrogen-bond acceptors (Lipinski definition) is 5. The molecule has 2 aromatic rings. The van der Waals surface area contributed by atoms with Crippen molar-refractivity contribution in [3.8, 4) is 0 Å². The summed E-state index contributed by atoms with van der Waals surface area (Å²) in [7, 11) is -3.77. The predicted molar refractivity (Wildman–Crippen MR) is 88.2 cm³/mol. The summed E-state index contributed by atoms with van der Waals surface area (Å²) in [5, 5.41) is 6.71. The number of amides is 1. The van der Waals surface area contributed by atoms with Crippen LogP contribution in [0, 0.1) is 6.92 Å². The normalized spacial score (nSPS) is 18.7. The van der Waals surface area contributed by atoms with E-state index in [1.165, 1.54) is 28.6 Å². The lowest BCUT2D eigenvalue weighted by molar-refractivity contribution is -0.119. The lowest BCUT2D eigenvalue weighted by Gasteiger charge is -2.22. The first-order chi connectivity index (χ1) is 11.4. The molecule has 1 saturated heterocycles. The molecule has 1 aliphatic rings. The van der Waals surface area contributed by atoms with Gasteiger partial charge in [0.1, 0.15) is 6.04 Å². The first kappa shape index (κ1) is 16.9. The monoisotopic (exact) mass is 369 g/mol. The maximum atomic E-state index is 12.8. The Kier molecular flexibility index (Phi) is 4.62. The first-order valence-electron chi connectivity index (χ1n) is 7.39.